The fraction of sp³-hybridized carbons (Fsp3) is 0.250. The number of aromatic nitrogens is 3. The average Bonchev–Trinajstić information content (AvgIpc) is 2.38. The van der Waals surface area contributed by atoms with Gasteiger partial charge in [-0.05, 0) is 6.07 Å². The van der Waals surface area contributed by atoms with E-state index in [1.165, 1.54) is 6.20 Å². The molecule has 7 heteroatoms. The van der Waals surface area contributed by atoms with Gasteiger partial charge in [0.05, 0.1) is 22.3 Å². The third-order valence-electron chi connectivity index (χ3n) is 2.35. The van der Waals surface area contributed by atoms with Crippen molar-refractivity contribution < 1.29 is 4.74 Å². The van der Waals surface area contributed by atoms with Gasteiger partial charge in [-0.2, -0.15) is 0 Å². The molecule has 0 atom stereocenters. The Labute approximate surface area is 121 Å². The van der Waals surface area contributed by atoms with Crippen LogP contribution in [-0.4, -0.2) is 29.1 Å². The van der Waals surface area contributed by atoms with Crippen molar-refractivity contribution in [1.82, 2.24) is 15.0 Å². The summed E-state index contributed by atoms with van der Waals surface area (Å²) >= 11 is 11.9. The molecule has 1 N–H and O–H groups in total. The van der Waals surface area contributed by atoms with E-state index >= 15 is 0 Å². The van der Waals surface area contributed by atoms with E-state index in [1.807, 2.05) is 0 Å². The Balaban J connectivity index is 2.51. The molecule has 0 saturated carbocycles. The van der Waals surface area contributed by atoms with Crippen molar-refractivity contribution in [3.8, 4) is 11.5 Å². The quantitative estimate of drug-likeness (QED) is 0.940. The molecule has 2 aromatic heterocycles. The highest BCUT2D eigenvalue weighted by Gasteiger charge is 2.11. The van der Waals surface area contributed by atoms with Crippen LogP contribution in [-0.2, 0) is 11.3 Å². The molecule has 19 heavy (non-hydrogen) atoms. The summed E-state index contributed by atoms with van der Waals surface area (Å²) in [5.74, 6) is 1.10. The van der Waals surface area contributed by atoms with Crippen LogP contribution in [0.25, 0.3) is 11.5 Å². The molecule has 0 bridgehead atoms. The number of ether oxygens (including phenoxy) is 1. The number of nitrogens with zero attached hydrogens (tertiary/aromatic N) is 3. The molecule has 100 valence electrons. The zero-order chi connectivity index (χ0) is 13.8. The van der Waals surface area contributed by atoms with Crippen molar-refractivity contribution >= 4 is 29.0 Å². The number of anilines is 1. The Morgan fingerprint density at radius 3 is 2.68 bits per heavy atom. The summed E-state index contributed by atoms with van der Waals surface area (Å²) < 4.78 is 5.08. The first-order valence-electron chi connectivity index (χ1n) is 5.50. The average molecular weight is 299 g/mol. The molecule has 2 rings (SSSR count). The van der Waals surface area contributed by atoms with Crippen LogP contribution >= 0.6 is 23.2 Å². The number of halogens is 2. The van der Waals surface area contributed by atoms with Gasteiger partial charge in [-0.1, -0.05) is 23.2 Å². The first kappa shape index (κ1) is 14.0. The minimum atomic E-state index is 0.384. The standard InChI is InChI=1S/C12H12Cl2N4O/c1-15-10-4-8(6-19-2)17-12(18-10)11-9(14)3-7(13)5-16-11/h3-5H,6H2,1-2H3,(H,15,17,18). The van der Waals surface area contributed by atoms with Gasteiger partial charge in [0, 0.05) is 26.4 Å². The van der Waals surface area contributed by atoms with Crippen LogP contribution in [0, 0.1) is 0 Å². The molecule has 0 aliphatic carbocycles. The number of hydrogen-bond acceptors (Lipinski definition) is 5. The second-order valence-electron chi connectivity index (χ2n) is 3.74. The van der Waals surface area contributed by atoms with E-state index < -0.39 is 0 Å². The summed E-state index contributed by atoms with van der Waals surface area (Å²) in [6.07, 6.45) is 1.51. The molecule has 0 aliphatic rings. The highest BCUT2D eigenvalue weighted by atomic mass is 35.5. The lowest BCUT2D eigenvalue weighted by Gasteiger charge is -2.08. The monoisotopic (exact) mass is 298 g/mol. The van der Waals surface area contributed by atoms with Crippen LogP contribution in [0.2, 0.25) is 10.0 Å². The molecule has 0 amide bonds. The molecular weight excluding hydrogens is 287 g/mol. The zero-order valence-corrected chi connectivity index (χ0v) is 12.0. The maximum absolute atomic E-state index is 6.11. The van der Waals surface area contributed by atoms with E-state index in [1.54, 1.807) is 26.3 Å². The Hall–Kier alpha value is -1.43. The van der Waals surface area contributed by atoms with Crippen molar-refractivity contribution in [2.45, 2.75) is 6.61 Å². The molecule has 5 nitrogen and oxygen atoms in total. The van der Waals surface area contributed by atoms with Crippen LogP contribution in [0.3, 0.4) is 0 Å². The molecule has 0 saturated heterocycles. The molecule has 0 aromatic carbocycles. The number of nitrogens with one attached hydrogen (secondary N) is 1. The summed E-state index contributed by atoms with van der Waals surface area (Å²) in [6, 6.07) is 3.41. The predicted molar refractivity (Wildman–Crippen MR) is 75.5 cm³/mol. The van der Waals surface area contributed by atoms with Gasteiger partial charge in [0.25, 0.3) is 0 Å². The smallest absolute Gasteiger partial charge is 0.182 e. The minimum Gasteiger partial charge on any atom is -0.378 e. The Morgan fingerprint density at radius 1 is 1.26 bits per heavy atom. The number of hydrogen-bond donors (Lipinski definition) is 1. The molecule has 0 radical (unpaired) electrons. The molecule has 0 fully saturated rings. The third kappa shape index (κ3) is 3.32. The summed E-state index contributed by atoms with van der Waals surface area (Å²) in [6.45, 7) is 0.384. The normalized spacial score (nSPS) is 10.5. The molecule has 0 aliphatic heterocycles. The van der Waals surface area contributed by atoms with Crippen molar-refractivity contribution in [1.29, 1.82) is 0 Å². The van der Waals surface area contributed by atoms with Gasteiger partial charge in [-0.3, -0.25) is 0 Å². The number of methoxy groups -OCH3 is 1. The Kier molecular flexibility index (Phi) is 4.52. The molecular formula is C12H12Cl2N4O. The van der Waals surface area contributed by atoms with E-state index in [-0.39, 0.29) is 0 Å². The third-order valence-corrected chi connectivity index (χ3v) is 2.84. The second-order valence-corrected chi connectivity index (χ2v) is 4.58. The van der Waals surface area contributed by atoms with E-state index in [0.29, 0.717) is 34.0 Å². The van der Waals surface area contributed by atoms with Crippen molar-refractivity contribution in [2.24, 2.45) is 0 Å². The number of rotatable bonds is 4. The van der Waals surface area contributed by atoms with Gasteiger partial charge in [0.1, 0.15) is 11.5 Å². The highest BCUT2D eigenvalue weighted by Crippen LogP contribution is 2.26. The van der Waals surface area contributed by atoms with Gasteiger partial charge in [0.15, 0.2) is 5.82 Å². The summed E-state index contributed by atoms with van der Waals surface area (Å²) in [5, 5.41) is 3.84. The Bertz CT molecular complexity index is 592. The van der Waals surface area contributed by atoms with E-state index in [0.717, 1.165) is 5.69 Å². The van der Waals surface area contributed by atoms with Gasteiger partial charge >= 0.3 is 0 Å². The minimum absolute atomic E-state index is 0.384. The lowest BCUT2D eigenvalue weighted by molar-refractivity contribution is 0.181. The van der Waals surface area contributed by atoms with Crippen LogP contribution < -0.4 is 5.32 Å². The number of pyridine rings is 1. The Morgan fingerprint density at radius 2 is 2.05 bits per heavy atom. The van der Waals surface area contributed by atoms with Crippen molar-refractivity contribution in [3.05, 3.63) is 34.1 Å². The van der Waals surface area contributed by atoms with E-state index in [9.17, 15) is 0 Å². The van der Waals surface area contributed by atoms with Crippen LogP contribution in [0.4, 0.5) is 5.82 Å². The summed E-state index contributed by atoms with van der Waals surface area (Å²) in [4.78, 5) is 12.9. The first-order chi connectivity index (χ1) is 9.13. The second kappa shape index (κ2) is 6.14. The van der Waals surface area contributed by atoms with Gasteiger partial charge in [-0.25, -0.2) is 15.0 Å². The molecule has 0 unspecified atom stereocenters. The predicted octanol–water partition coefficient (Wildman–Crippen LogP) is 3.03. The van der Waals surface area contributed by atoms with Crippen LogP contribution in [0.15, 0.2) is 18.3 Å². The molecule has 0 spiro atoms. The topological polar surface area (TPSA) is 59.9 Å². The van der Waals surface area contributed by atoms with Crippen molar-refractivity contribution in [3.63, 3.8) is 0 Å². The summed E-state index contributed by atoms with van der Waals surface area (Å²) in [7, 11) is 3.38. The lowest BCUT2D eigenvalue weighted by atomic mass is 10.3. The van der Waals surface area contributed by atoms with Crippen LogP contribution in [0.5, 0.6) is 0 Å². The molecule has 2 aromatic rings. The lowest BCUT2D eigenvalue weighted by Crippen LogP contribution is -2.03. The maximum atomic E-state index is 6.11. The fourth-order valence-electron chi connectivity index (χ4n) is 1.53. The highest BCUT2D eigenvalue weighted by molar-refractivity contribution is 6.35. The van der Waals surface area contributed by atoms with Crippen LogP contribution in [0.1, 0.15) is 5.69 Å². The molecule has 2 heterocycles. The SMILES string of the molecule is CNc1cc(COC)nc(-c2ncc(Cl)cc2Cl)n1. The first-order valence-corrected chi connectivity index (χ1v) is 6.25. The van der Waals surface area contributed by atoms with E-state index in [2.05, 4.69) is 20.3 Å². The zero-order valence-electron chi connectivity index (χ0n) is 10.4. The van der Waals surface area contributed by atoms with Gasteiger partial charge in [-0.15, -0.1) is 0 Å². The van der Waals surface area contributed by atoms with Gasteiger partial charge in [0.2, 0.25) is 0 Å². The van der Waals surface area contributed by atoms with Crippen molar-refractivity contribution in [2.75, 3.05) is 19.5 Å². The fourth-order valence-corrected chi connectivity index (χ4v) is 2.00. The van der Waals surface area contributed by atoms with Gasteiger partial charge < -0.3 is 10.1 Å². The van der Waals surface area contributed by atoms with E-state index in [4.69, 9.17) is 27.9 Å². The summed E-state index contributed by atoms with van der Waals surface area (Å²) in [5.41, 5.74) is 1.23. The largest absolute Gasteiger partial charge is 0.378 e. The maximum Gasteiger partial charge on any atom is 0.182 e.